The highest BCUT2D eigenvalue weighted by atomic mass is 32.1. The molecule has 0 spiro atoms. The summed E-state index contributed by atoms with van der Waals surface area (Å²) in [5, 5.41) is 7.19. The largest absolute Gasteiger partial charge is 0.456 e. The van der Waals surface area contributed by atoms with Crippen LogP contribution >= 0.6 is 11.3 Å². The molecule has 4 heterocycles. The van der Waals surface area contributed by atoms with Crippen LogP contribution in [0.4, 0.5) is 0 Å². The van der Waals surface area contributed by atoms with Gasteiger partial charge in [-0.05, 0) is 59.7 Å². The molecule has 5 nitrogen and oxygen atoms in total. The molecular formula is C51H30N4OS. The molecule has 0 saturated carbocycles. The van der Waals surface area contributed by atoms with Gasteiger partial charge in [0.05, 0.1) is 15.7 Å². The average Bonchev–Trinajstić information content (AvgIpc) is 3.96. The SMILES string of the molecule is c1ccc(-c2nc(-c3ccccc3)nc(-c3ccc4c(c3)oc3cccc(-c5ccc6c(c5)c5ccc7c8ccccc8sc7c5n6-c5ccccc5)c34)n2)cc1. The molecule has 0 aliphatic carbocycles. The number of benzene rings is 8. The zero-order chi connectivity index (χ0) is 37.5. The van der Waals surface area contributed by atoms with Gasteiger partial charge in [-0.3, -0.25) is 0 Å². The molecule has 0 N–H and O–H groups in total. The van der Waals surface area contributed by atoms with Crippen molar-refractivity contribution in [3.05, 3.63) is 182 Å². The van der Waals surface area contributed by atoms with Gasteiger partial charge in [0.2, 0.25) is 0 Å². The Hall–Kier alpha value is -7.41. The van der Waals surface area contributed by atoms with E-state index in [9.17, 15) is 0 Å². The summed E-state index contributed by atoms with van der Waals surface area (Å²) in [7, 11) is 0. The van der Waals surface area contributed by atoms with E-state index in [1.54, 1.807) is 0 Å². The molecule has 0 unspecified atom stereocenters. The molecule has 0 saturated heterocycles. The van der Waals surface area contributed by atoms with Crippen LogP contribution in [0.5, 0.6) is 0 Å². The first kappa shape index (κ1) is 31.9. The predicted molar refractivity (Wildman–Crippen MR) is 236 cm³/mol. The maximum absolute atomic E-state index is 6.63. The second-order valence-electron chi connectivity index (χ2n) is 14.4. The van der Waals surface area contributed by atoms with Crippen molar-refractivity contribution in [1.29, 1.82) is 0 Å². The summed E-state index contributed by atoms with van der Waals surface area (Å²) in [5.74, 6) is 1.85. The van der Waals surface area contributed by atoms with Crippen LogP contribution in [0.3, 0.4) is 0 Å². The van der Waals surface area contributed by atoms with E-state index in [4.69, 9.17) is 19.4 Å². The Kier molecular flexibility index (Phi) is 7.03. The zero-order valence-electron chi connectivity index (χ0n) is 30.4. The topological polar surface area (TPSA) is 56.7 Å². The zero-order valence-corrected chi connectivity index (χ0v) is 31.2. The van der Waals surface area contributed by atoms with Crippen LogP contribution in [0.2, 0.25) is 0 Å². The van der Waals surface area contributed by atoms with Gasteiger partial charge in [0.15, 0.2) is 17.5 Å². The minimum Gasteiger partial charge on any atom is -0.456 e. The molecular weight excluding hydrogens is 717 g/mol. The van der Waals surface area contributed by atoms with Crippen molar-refractivity contribution in [3.8, 4) is 51.0 Å². The number of aromatic nitrogens is 4. The standard InChI is InChI=1S/C51H30N4OS/c1-4-13-31(14-5-1)49-52-50(32-15-6-2-7-16-32)54-51(53-49)34-23-25-40-44(30-34)56-43-21-12-20-36(46(40)43)33-24-28-42-41(29-33)38-26-27-39-37-19-10-11-22-45(37)57-48(39)47(38)55(42)35-17-8-3-9-18-35/h1-30H. The van der Waals surface area contributed by atoms with Gasteiger partial charge in [-0.25, -0.2) is 15.0 Å². The Balaban J connectivity index is 1.04. The molecule has 0 aliphatic rings. The van der Waals surface area contributed by atoms with Crippen LogP contribution in [0.1, 0.15) is 0 Å². The summed E-state index contributed by atoms with van der Waals surface area (Å²) in [4.78, 5) is 14.8. The fourth-order valence-electron chi connectivity index (χ4n) is 8.44. The van der Waals surface area contributed by atoms with Crippen LogP contribution < -0.4 is 0 Å². The fourth-order valence-corrected chi connectivity index (χ4v) is 9.68. The molecule has 0 fully saturated rings. The number of nitrogens with zero attached hydrogens (tertiary/aromatic N) is 4. The quantitative estimate of drug-likeness (QED) is 0.176. The van der Waals surface area contributed by atoms with Gasteiger partial charge >= 0.3 is 0 Å². The molecule has 0 atom stereocenters. The fraction of sp³-hybridized carbons (Fsp3) is 0. The van der Waals surface area contributed by atoms with Crippen LogP contribution in [-0.4, -0.2) is 19.5 Å². The van der Waals surface area contributed by atoms with E-state index in [1.807, 2.05) is 72.0 Å². The number of para-hydroxylation sites is 1. The third-order valence-corrected chi connectivity index (χ3v) is 12.2. The number of hydrogen-bond donors (Lipinski definition) is 0. The van der Waals surface area contributed by atoms with Crippen molar-refractivity contribution in [2.45, 2.75) is 0 Å². The van der Waals surface area contributed by atoms with E-state index in [1.165, 1.54) is 42.0 Å². The van der Waals surface area contributed by atoms with Gasteiger partial charge in [0.25, 0.3) is 0 Å². The third kappa shape index (κ3) is 5.04. The maximum Gasteiger partial charge on any atom is 0.164 e. The van der Waals surface area contributed by atoms with Gasteiger partial charge in [0.1, 0.15) is 11.2 Å². The molecule has 12 aromatic rings. The summed E-state index contributed by atoms with van der Waals surface area (Å²) in [5.41, 5.74) is 10.2. The van der Waals surface area contributed by atoms with E-state index in [0.717, 1.165) is 55.4 Å². The molecule has 0 amide bonds. The Morgan fingerprint density at radius 1 is 0.421 bits per heavy atom. The number of thiophene rings is 1. The summed E-state index contributed by atoms with van der Waals surface area (Å²) >= 11 is 1.87. The smallest absolute Gasteiger partial charge is 0.164 e. The number of furan rings is 1. The number of hydrogen-bond acceptors (Lipinski definition) is 5. The lowest BCUT2D eigenvalue weighted by atomic mass is 9.97. The maximum atomic E-state index is 6.63. The minimum absolute atomic E-state index is 0.596. The van der Waals surface area contributed by atoms with E-state index in [-0.39, 0.29) is 0 Å². The molecule has 12 rings (SSSR count). The first-order chi connectivity index (χ1) is 28.2. The molecule has 0 bridgehead atoms. The van der Waals surface area contributed by atoms with Crippen LogP contribution in [-0.2, 0) is 0 Å². The predicted octanol–water partition coefficient (Wildman–Crippen LogP) is 13.9. The molecule has 8 aromatic carbocycles. The van der Waals surface area contributed by atoms with E-state index < -0.39 is 0 Å². The Morgan fingerprint density at radius 2 is 1.05 bits per heavy atom. The lowest BCUT2D eigenvalue weighted by Gasteiger charge is -2.09. The molecule has 57 heavy (non-hydrogen) atoms. The van der Waals surface area contributed by atoms with Gasteiger partial charge in [-0.15, -0.1) is 11.3 Å². The van der Waals surface area contributed by atoms with Gasteiger partial charge in [-0.1, -0.05) is 133 Å². The van der Waals surface area contributed by atoms with E-state index in [2.05, 4.69) is 126 Å². The monoisotopic (exact) mass is 746 g/mol. The molecule has 0 aliphatic heterocycles. The summed E-state index contributed by atoms with van der Waals surface area (Å²) in [6.45, 7) is 0. The average molecular weight is 747 g/mol. The Bertz CT molecular complexity index is 3460. The molecule has 6 heteroatoms. The highest BCUT2D eigenvalue weighted by Gasteiger charge is 2.20. The van der Waals surface area contributed by atoms with E-state index >= 15 is 0 Å². The van der Waals surface area contributed by atoms with Crippen LogP contribution in [0.25, 0.3) is 115 Å². The van der Waals surface area contributed by atoms with Crippen molar-refractivity contribution in [1.82, 2.24) is 19.5 Å². The summed E-state index contributed by atoms with van der Waals surface area (Å²) < 4.78 is 11.7. The first-order valence-electron chi connectivity index (χ1n) is 19.0. The Labute approximate surface area is 330 Å². The second kappa shape index (κ2) is 12.6. The van der Waals surface area contributed by atoms with Crippen molar-refractivity contribution < 1.29 is 4.42 Å². The van der Waals surface area contributed by atoms with Crippen LogP contribution in [0, 0.1) is 0 Å². The number of rotatable bonds is 5. The van der Waals surface area contributed by atoms with Crippen molar-refractivity contribution >= 4 is 75.3 Å². The van der Waals surface area contributed by atoms with E-state index in [0.29, 0.717) is 17.5 Å². The van der Waals surface area contributed by atoms with Crippen molar-refractivity contribution in [2.75, 3.05) is 0 Å². The summed E-state index contributed by atoms with van der Waals surface area (Å²) in [6, 6.07) is 63.7. The normalized spacial score (nSPS) is 11.9. The van der Waals surface area contributed by atoms with Gasteiger partial charge in [-0.2, -0.15) is 0 Å². The first-order valence-corrected chi connectivity index (χ1v) is 19.8. The highest BCUT2D eigenvalue weighted by Crippen LogP contribution is 2.45. The third-order valence-electron chi connectivity index (χ3n) is 11.1. The minimum atomic E-state index is 0.596. The highest BCUT2D eigenvalue weighted by molar-refractivity contribution is 7.26. The Morgan fingerprint density at radius 3 is 1.81 bits per heavy atom. The van der Waals surface area contributed by atoms with Crippen LogP contribution in [0.15, 0.2) is 186 Å². The lowest BCUT2D eigenvalue weighted by Crippen LogP contribution is -2.00. The lowest BCUT2D eigenvalue weighted by molar-refractivity contribution is 0.669. The molecule has 266 valence electrons. The van der Waals surface area contributed by atoms with Gasteiger partial charge in [0, 0.05) is 59.4 Å². The molecule has 0 radical (unpaired) electrons. The van der Waals surface area contributed by atoms with Crippen molar-refractivity contribution in [2.24, 2.45) is 0 Å². The molecule has 4 aromatic heterocycles. The van der Waals surface area contributed by atoms with Gasteiger partial charge < -0.3 is 8.98 Å². The summed E-state index contributed by atoms with van der Waals surface area (Å²) in [6.07, 6.45) is 0. The number of fused-ring (bicyclic) bond motifs is 10. The second-order valence-corrected chi connectivity index (χ2v) is 15.4. The van der Waals surface area contributed by atoms with Crippen molar-refractivity contribution in [3.63, 3.8) is 0 Å².